The SMILES string of the molecule is C1=NCCO1.Oc1cccc2cccnc12. The molecule has 1 aromatic carbocycles. The molecule has 2 aromatic rings. The van der Waals surface area contributed by atoms with Gasteiger partial charge in [0.05, 0.1) is 6.54 Å². The number of nitrogens with zero attached hydrogens (tertiary/aromatic N) is 2. The van der Waals surface area contributed by atoms with Gasteiger partial charge >= 0.3 is 0 Å². The molecule has 0 radical (unpaired) electrons. The van der Waals surface area contributed by atoms with Gasteiger partial charge in [0, 0.05) is 11.6 Å². The van der Waals surface area contributed by atoms with E-state index in [1.807, 2.05) is 18.2 Å². The van der Waals surface area contributed by atoms with Crippen LogP contribution in [0.15, 0.2) is 41.5 Å². The number of phenolic OH excluding ortho intramolecular Hbond substituents is 1. The van der Waals surface area contributed by atoms with Crippen molar-refractivity contribution in [1.82, 2.24) is 4.98 Å². The summed E-state index contributed by atoms with van der Waals surface area (Å²) in [6.45, 7) is 1.62. The zero-order chi connectivity index (χ0) is 11.2. The van der Waals surface area contributed by atoms with Crippen LogP contribution in [-0.2, 0) is 4.74 Å². The third-order valence-corrected chi connectivity index (χ3v) is 2.10. The Labute approximate surface area is 93.2 Å². The summed E-state index contributed by atoms with van der Waals surface area (Å²) in [5.41, 5.74) is 0.662. The number of fused-ring (bicyclic) bond motifs is 1. The van der Waals surface area contributed by atoms with Crippen molar-refractivity contribution in [2.75, 3.05) is 13.2 Å². The number of rotatable bonds is 0. The molecule has 1 aliphatic heterocycles. The molecule has 0 saturated heterocycles. The molecule has 0 saturated carbocycles. The second-order valence-corrected chi connectivity index (χ2v) is 3.23. The molecule has 1 aliphatic rings. The number of benzene rings is 1. The van der Waals surface area contributed by atoms with Crippen molar-refractivity contribution >= 4 is 17.3 Å². The molecule has 4 heteroatoms. The van der Waals surface area contributed by atoms with Crippen LogP contribution in [0.4, 0.5) is 0 Å². The van der Waals surface area contributed by atoms with E-state index >= 15 is 0 Å². The van der Waals surface area contributed by atoms with Crippen LogP contribution < -0.4 is 0 Å². The highest BCUT2D eigenvalue weighted by Gasteiger charge is 1.96. The van der Waals surface area contributed by atoms with Gasteiger partial charge in [-0.3, -0.25) is 9.98 Å². The average Bonchev–Trinajstić information content (AvgIpc) is 2.88. The number of phenols is 1. The van der Waals surface area contributed by atoms with Gasteiger partial charge in [-0.05, 0) is 12.1 Å². The van der Waals surface area contributed by atoms with Crippen molar-refractivity contribution in [1.29, 1.82) is 0 Å². The van der Waals surface area contributed by atoms with E-state index in [1.54, 1.807) is 18.3 Å². The Morgan fingerprint density at radius 3 is 2.69 bits per heavy atom. The first-order valence-corrected chi connectivity index (χ1v) is 5.00. The molecule has 0 atom stereocenters. The topological polar surface area (TPSA) is 54.7 Å². The van der Waals surface area contributed by atoms with E-state index in [0.29, 0.717) is 5.52 Å². The smallest absolute Gasteiger partial charge is 0.169 e. The number of para-hydroxylation sites is 1. The van der Waals surface area contributed by atoms with Crippen LogP contribution in [0.1, 0.15) is 0 Å². The van der Waals surface area contributed by atoms with Gasteiger partial charge in [0.1, 0.15) is 17.9 Å². The van der Waals surface area contributed by atoms with Crippen molar-refractivity contribution in [3.63, 3.8) is 0 Å². The Hall–Kier alpha value is -2.10. The van der Waals surface area contributed by atoms with Gasteiger partial charge in [0.2, 0.25) is 0 Å². The molecule has 2 heterocycles. The van der Waals surface area contributed by atoms with Crippen LogP contribution in [0.25, 0.3) is 10.9 Å². The molecule has 1 aromatic heterocycles. The lowest BCUT2D eigenvalue weighted by Crippen LogP contribution is -1.80. The first-order chi connectivity index (χ1) is 7.88. The zero-order valence-corrected chi connectivity index (χ0v) is 8.71. The fourth-order valence-electron chi connectivity index (χ4n) is 1.35. The minimum absolute atomic E-state index is 0.239. The van der Waals surface area contributed by atoms with Crippen molar-refractivity contribution in [2.45, 2.75) is 0 Å². The number of hydrogen-bond acceptors (Lipinski definition) is 4. The molecule has 0 bridgehead atoms. The standard InChI is InChI=1S/C9H7NO.C3H5NO/c11-8-5-1-3-7-4-2-6-10-9(7)8;1-2-5-3-4-1/h1-6,11H;3H,1-2H2. The lowest BCUT2D eigenvalue weighted by molar-refractivity contribution is 0.361. The predicted molar refractivity (Wildman–Crippen MR) is 62.7 cm³/mol. The van der Waals surface area contributed by atoms with E-state index in [4.69, 9.17) is 0 Å². The molecule has 3 rings (SSSR count). The zero-order valence-electron chi connectivity index (χ0n) is 8.71. The summed E-state index contributed by atoms with van der Waals surface area (Å²) < 4.78 is 4.65. The molecule has 0 aliphatic carbocycles. The van der Waals surface area contributed by atoms with E-state index in [2.05, 4.69) is 14.7 Å². The summed E-state index contributed by atoms with van der Waals surface area (Å²) in [4.78, 5) is 7.77. The first-order valence-electron chi connectivity index (χ1n) is 5.00. The highest BCUT2D eigenvalue weighted by molar-refractivity contribution is 5.83. The van der Waals surface area contributed by atoms with Crippen LogP contribution >= 0.6 is 0 Å². The Balaban J connectivity index is 0.000000162. The molecule has 1 N–H and O–H groups in total. The normalized spacial score (nSPS) is 13.0. The number of pyridine rings is 1. The van der Waals surface area contributed by atoms with Gasteiger partial charge in [-0.2, -0.15) is 0 Å². The van der Waals surface area contributed by atoms with Crippen molar-refractivity contribution in [3.8, 4) is 5.75 Å². The fourth-order valence-corrected chi connectivity index (χ4v) is 1.35. The number of aromatic hydroxyl groups is 1. The number of aromatic nitrogens is 1. The second kappa shape index (κ2) is 5.11. The van der Waals surface area contributed by atoms with Crippen molar-refractivity contribution in [3.05, 3.63) is 36.5 Å². The van der Waals surface area contributed by atoms with Crippen molar-refractivity contribution < 1.29 is 9.84 Å². The highest BCUT2D eigenvalue weighted by atomic mass is 16.5. The van der Waals surface area contributed by atoms with Gasteiger partial charge in [-0.25, -0.2) is 0 Å². The van der Waals surface area contributed by atoms with Crippen LogP contribution in [-0.4, -0.2) is 29.6 Å². The van der Waals surface area contributed by atoms with Crippen LogP contribution in [0.3, 0.4) is 0 Å². The second-order valence-electron chi connectivity index (χ2n) is 3.23. The fraction of sp³-hybridized carbons (Fsp3) is 0.167. The minimum atomic E-state index is 0.239. The van der Waals surface area contributed by atoms with Crippen molar-refractivity contribution in [2.24, 2.45) is 4.99 Å². The highest BCUT2D eigenvalue weighted by Crippen LogP contribution is 2.20. The summed E-state index contributed by atoms with van der Waals surface area (Å²) in [5, 5.41) is 10.3. The molecular weight excluding hydrogens is 204 g/mol. The summed E-state index contributed by atoms with van der Waals surface area (Å²) in [7, 11) is 0. The third kappa shape index (κ3) is 2.48. The average molecular weight is 216 g/mol. The lowest BCUT2D eigenvalue weighted by atomic mass is 10.2. The molecule has 0 unspecified atom stereocenters. The number of aliphatic imine (C=N–C) groups is 1. The predicted octanol–water partition coefficient (Wildman–Crippen LogP) is 1.99. The van der Waals surface area contributed by atoms with Crippen LogP contribution in [0, 0.1) is 0 Å². The van der Waals surface area contributed by atoms with E-state index < -0.39 is 0 Å². The monoisotopic (exact) mass is 216 g/mol. The Morgan fingerprint density at radius 2 is 2.06 bits per heavy atom. The number of hydrogen-bond donors (Lipinski definition) is 1. The van der Waals surface area contributed by atoms with Gasteiger partial charge in [-0.15, -0.1) is 0 Å². The van der Waals surface area contributed by atoms with Gasteiger partial charge in [-0.1, -0.05) is 18.2 Å². The summed E-state index contributed by atoms with van der Waals surface area (Å²) >= 11 is 0. The summed E-state index contributed by atoms with van der Waals surface area (Å²) in [6.07, 6.45) is 3.15. The largest absolute Gasteiger partial charge is 0.506 e. The van der Waals surface area contributed by atoms with Gasteiger partial charge in [0.25, 0.3) is 0 Å². The number of ether oxygens (including phenoxy) is 1. The van der Waals surface area contributed by atoms with E-state index in [1.165, 1.54) is 6.40 Å². The maximum Gasteiger partial charge on any atom is 0.169 e. The van der Waals surface area contributed by atoms with E-state index in [-0.39, 0.29) is 5.75 Å². The Morgan fingerprint density at radius 1 is 1.19 bits per heavy atom. The summed E-state index contributed by atoms with van der Waals surface area (Å²) in [6, 6.07) is 9.13. The van der Waals surface area contributed by atoms with Crippen LogP contribution in [0.5, 0.6) is 5.75 Å². The maximum atomic E-state index is 9.31. The molecule has 16 heavy (non-hydrogen) atoms. The van der Waals surface area contributed by atoms with Gasteiger partial charge in [0.15, 0.2) is 6.40 Å². The molecule has 0 spiro atoms. The third-order valence-electron chi connectivity index (χ3n) is 2.10. The molecule has 82 valence electrons. The van der Waals surface area contributed by atoms with E-state index in [0.717, 1.165) is 18.5 Å². The summed E-state index contributed by atoms with van der Waals surface area (Å²) in [5.74, 6) is 0.239. The lowest BCUT2D eigenvalue weighted by Gasteiger charge is -1.96. The van der Waals surface area contributed by atoms with Crippen LogP contribution in [0.2, 0.25) is 0 Å². The van der Waals surface area contributed by atoms with E-state index in [9.17, 15) is 5.11 Å². The quantitative estimate of drug-likeness (QED) is 0.732. The molecule has 0 amide bonds. The minimum Gasteiger partial charge on any atom is -0.506 e. The first kappa shape index (κ1) is 10.4. The maximum absolute atomic E-state index is 9.31. The Bertz CT molecular complexity index is 486. The molecule has 0 fully saturated rings. The van der Waals surface area contributed by atoms with Gasteiger partial charge < -0.3 is 9.84 Å². The molecular formula is C12H12N2O2. The molecule has 4 nitrogen and oxygen atoms in total. The Kier molecular flexibility index (Phi) is 3.33.